The number of aliphatic hydroxyl groups excluding tert-OH is 1. The van der Waals surface area contributed by atoms with Crippen LogP contribution in [0.2, 0.25) is 0 Å². The van der Waals surface area contributed by atoms with Crippen LogP contribution < -0.4 is 5.32 Å². The average molecular weight is 384 g/mol. The summed E-state index contributed by atoms with van der Waals surface area (Å²) in [6.07, 6.45) is -4.53. The van der Waals surface area contributed by atoms with Gasteiger partial charge in [-0.25, -0.2) is 4.79 Å². The Hall–Kier alpha value is -3.14. The molecule has 27 heavy (non-hydrogen) atoms. The van der Waals surface area contributed by atoms with Gasteiger partial charge in [0, 0.05) is 24.4 Å². The predicted octanol–water partition coefficient (Wildman–Crippen LogP) is 3.37. The van der Waals surface area contributed by atoms with Crippen molar-refractivity contribution in [3.8, 4) is 0 Å². The van der Waals surface area contributed by atoms with Gasteiger partial charge < -0.3 is 15.2 Å². The van der Waals surface area contributed by atoms with E-state index >= 15 is 0 Å². The van der Waals surface area contributed by atoms with Crippen molar-refractivity contribution >= 4 is 17.3 Å². The highest BCUT2D eigenvalue weighted by Gasteiger charge is 2.30. The second kappa shape index (κ2) is 8.49. The Kier molecular flexibility index (Phi) is 6.35. The van der Waals surface area contributed by atoms with E-state index in [1.165, 1.54) is 24.3 Å². The van der Waals surface area contributed by atoms with Gasteiger partial charge >= 0.3 is 12.1 Å². The summed E-state index contributed by atoms with van der Waals surface area (Å²) in [4.78, 5) is 22.5. The molecule has 0 heterocycles. The van der Waals surface area contributed by atoms with Crippen LogP contribution in [0.5, 0.6) is 0 Å². The number of alkyl halides is 3. The Labute approximate surface area is 151 Å². The zero-order valence-electron chi connectivity index (χ0n) is 13.8. The van der Waals surface area contributed by atoms with Crippen molar-refractivity contribution in [3.05, 3.63) is 69.3 Å². The molecule has 0 aliphatic carbocycles. The van der Waals surface area contributed by atoms with Crippen LogP contribution in [0.1, 0.15) is 21.5 Å². The molecule has 0 amide bonds. The number of aliphatic hydroxyl groups is 1. The summed E-state index contributed by atoms with van der Waals surface area (Å²) in [7, 11) is 0. The number of nitrogens with zero attached hydrogens (tertiary/aromatic N) is 1. The van der Waals surface area contributed by atoms with E-state index in [0.717, 1.165) is 18.2 Å². The number of rotatable bonds is 7. The molecule has 0 spiro atoms. The molecular weight excluding hydrogens is 369 g/mol. The third kappa shape index (κ3) is 5.42. The highest BCUT2D eigenvalue weighted by molar-refractivity contribution is 5.96. The Morgan fingerprint density at radius 1 is 1.22 bits per heavy atom. The van der Waals surface area contributed by atoms with Crippen molar-refractivity contribution in [1.29, 1.82) is 0 Å². The van der Waals surface area contributed by atoms with E-state index in [2.05, 4.69) is 5.32 Å². The number of carbonyl (C=O) groups excluding carboxylic acids is 1. The molecule has 144 valence electrons. The molecule has 0 aliphatic heterocycles. The predicted molar refractivity (Wildman–Crippen MR) is 89.2 cm³/mol. The molecule has 7 nitrogen and oxygen atoms in total. The van der Waals surface area contributed by atoms with Crippen LogP contribution in [0, 0.1) is 10.1 Å². The second-order valence-electron chi connectivity index (χ2n) is 5.41. The minimum absolute atomic E-state index is 0.0890. The van der Waals surface area contributed by atoms with Crippen LogP contribution in [0.15, 0.2) is 42.5 Å². The topological polar surface area (TPSA) is 102 Å². The Morgan fingerprint density at radius 2 is 1.96 bits per heavy atom. The molecule has 0 aromatic heterocycles. The maximum Gasteiger partial charge on any atom is 0.416 e. The van der Waals surface area contributed by atoms with Crippen molar-refractivity contribution in [3.63, 3.8) is 0 Å². The molecule has 0 atom stereocenters. The third-order valence-electron chi connectivity index (χ3n) is 3.49. The Bertz CT molecular complexity index is 840. The third-order valence-corrected chi connectivity index (χ3v) is 3.49. The molecule has 0 saturated carbocycles. The fraction of sp³-hybridized carbons (Fsp3) is 0.235. The van der Waals surface area contributed by atoms with Crippen LogP contribution in [0.3, 0.4) is 0 Å². The summed E-state index contributed by atoms with van der Waals surface area (Å²) in [5, 5.41) is 22.5. The molecular formula is C17H15F3N2O5. The van der Waals surface area contributed by atoms with Gasteiger partial charge in [0.1, 0.15) is 6.61 Å². The molecule has 2 aromatic carbocycles. The van der Waals surface area contributed by atoms with Crippen LogP contribution in [-0.2, 0) is 17.5 Å². The zero-order chi connectivity index (χ0) is 20.0. The molecule has 2 rings (SSSR count). The molecule has 2 N–H and O–H groups in total. The summed E-state index contributed by atoms with van der Waals surface area (Å²) in [5.41, 5.74) is -1.07. The summed E-state index contributed by atoms with van der Waals surface area (Å²) in [5.74, 6) is -0.948. The molecule has 10 heteroatoms. The summed E-state index contributed by atoms with van der Waals surface area (Å²) in [6.45, 7) is -0.591. The van der Waals surface area contributed by atoms with Crippen LogP contribution in [0.25, 0.3) is 0 Å². The van der Waals surface area contributed by atoms with Gasteiger partial charge in [0.2, 0.25) is 0 Å². The van der Waals surface area contributed by atoms with Gasteiger partial charge in [-0.3, -0.25) is 10.1 Å². The number of nitro groups is 1. The lowest BCUT2D eigenvalue weighted by Gasteiger charge is -2.12. The van der Waals surface area contributed by atoms with Crippen molar-refractivity contribution in [1.82, 2.24) is 0 Å². The minimum atomic E-state index is -4.53. The summed E-state index contributed by atoms with van der Waals surface area (Å²) in [6, 6.07) is 7.75. The van der Waals surface area contributed by atoms with Crippen LogP contribution in [-0.4, -0.2) is 29.2 Å². The van der Waals surface area contributed by atoms with Gasteiger partial charge in [0.15, 0.2) is 0 Å². The lowest BCUT2D eigenvalue weighted by Crippen LogP contribution is -2.13. The molecule has 0 aliphatic rings. The van der Waals surface area contributed by atoms with E-state index in [9.17, 15) is 28.1 Å². The number of nitrogens with one attached hydrogen (secondary N) is 1. The monoisotopic (exact) mass is 384 g/mol. The van der Waals surface area contributed by atoms with E-state index < -0.39 is 29.2 Å². The quantitative estimate of drug-likeness (QED) is 0.431. The van der Waals surface area contributed by atoms with Gasteiger partial charge in [0.05, 0.1) is 22.7 Å². The van der Waals surface area contributed by atoms with E-state index in [1.807, 2.05) is 0 Å². The van der Waals surface area contributed by atoms with E-state index in [4.69, 9.17) is 9.84 Å². The molecule has 0 radical (unpaired) electrons. The number of ether oxygens (including phenoxy) is 1. The van der Waals surface area contributed by atoms with Gasteiger partial charge in [-0.05, 0) is 23.8 Å². The number of benzene rings is 2. The second-order valence-corrected chi connectivity index (χ2v) is 5.41. The zero-order valence-corrected chi connectivity index (χ0v) is 13.8. The molecule has 2 aromatic rings. The molecule has 0 bridgehead atoms. The van der Waals surface area contributed by atoms with Crippen LogP contribution >= 0.6 is 0 Å². The lowest BCUT2D eigenvalue weighted by molar-refractivity contribution is -0.384. The van der Waals surface area contributed by atoms with E-state index in [0.29, 0.717) is 0 Å². The summed E-state index contributed by atoms with van der Waals surface area (Å²) < 4.78 is 43.2. The first kappa shape index (κ1) is 20.2. The SMILES string of the molecule is O=C(OCc1cccc(C(F)(F)F)c1)c1cc([N+](=O)[O-])ccc1NCCO. The standard InChI is InChI=1S/C17H15F3N2O5/c18-17(19,20)12-3-1-2-11(8-12)10-27-16(24)14-9-13(22(25)26)4-5-15(14)21-6-7-23/h1-5,8-9,21,23H,6-7,10H2. The number of hydrogen-bond donors (Lipinski definition) is 2. The number of non-ortho nitro benzene ring substituents is 1. The average Bonchev–Trinajstić information content (AvgIpc) is 2.63. The fourth-order valence-electron chi connectivity index (χ4n) is 2.22. The van der Waals surface area contributed by atoms with Crippen molar-refractivity contribution < 1.29 is 32.7 Å². The van der Waals surface area contributed by atoms with Crippen molar-refractivity contribution in [2.24, 2.45) is 0 Å². The smallest absolute Gasteiger partial charge is 0.416 e. The molecule has 0 saturated heterocycles. The number of nitro benzene ring substituents is 1. The maximum absolute atomic E-state index is 12.7. The number of carbonyl (C=O) groups is 1. The highest BCUT2D eigenvalue weighted by atomic mass is 19.4. The molecule has 0 unspecified atom stereocenters. The maximum atomic E-state index is 12.7. The van der Waals surface area contributed by atoms with Gasteiger partial charge in [-0.1, -0.05) is 12.1 Å². The van der Waals surface area contributed by atoms with Crippen molar-refractivity contribution in [2.75, 3.05) is 18.5 Å². The Morgan fingerprint density at radius 3 is 2.59 bits per heavy atom. The first-order chi connectivity index (χ1) is 12.7. The normalized spacial score (nSPS) is 11.1. The van der Waals surface area contributed by atoms with Gasteiger partial charge in [0.25, 0.3) is 5.69 Å². The lowest BCUT2D eigenvalue weighted by atomic mass is 10.1. The minimum Gasteiger partial charge on any atom is -0.457 e. The summed E-state index contributed by atoms with van der Waals surface area (Å²) >= 11 is 0. The Balaban J connectivity index is 2.19. The largest absolute Gasteiger partial charge is 0.457 e. The van der Waals surface area contributed by atoms with E-state index in [1.54, 1.807) is 0 Å². The van der Waals surface area contributed by atoms with Gasteiger partial charge in [-0.15, -0.1) is 0 Å². The van der Waals surface area contributed by atoms with E-state index in [-0.39, 0.29) is 35.7 Å². The first-order valence-corrected chi connectivity index (χ1v) is 7.69. The molecule has 0 fully saturated rings. The number of esters is 1. The first-order valence-electron chi connectivity index (χ1n) is 7.69. The number of hydrogen-bond acceptors (Lipinski definition) is 6. The van der Waals surface area contributed by atoms with Crippen LogP contribution in [0.4, 0.5) is 24.5 Å². The number of anilines is 1. The van der Waals surface area contributed by atoms with Crippen molar-refractivity contribution in [2.45, 2.75) is 12.8 Å². The number of halogens is 3. The fourth-order valence-corrected chi connectivity index (χ4v) is 2.22. The highest BCUT2D eigenvalue weighted by Crippen LogP contribution is 2.30. The van der Waals surface area contributed by atoms with Gasteiger partial charge in [-0.2, -0.15) is 13.2 Å².